The lowest BCUT2D eigenvalue weighted by molar-refractivity contribution is -0.127. The molecule has 1 aliphatic carbocycles. The van der Waals surface area contributed by atoms with E-state index >= 15 is 0 Å². The molecule has 5 nitrogen and oxygen atoms in total. The van der Waals surface area contributed by atoms with Crippen LogP contribution in [0.3, 0.4) is 0 Å². The Morgan fingerprint density at radius 1 is 1.19 bits per heavy atom. The molecule has 1 aliphatic rings. The molecule has 1 aromatic rings. The van der Waals surface area contributed by atoms with Gasteiger partial charge in [0.25, 0.3) is 0 Å². The van der Waals surface area contributed by atoms with Gasteiger partial charge in [-0.3, -0.25) is 4.79 Å². The van der Waals surface area contributed by atoms with E-state index in [9.17, 15) is 4.79 Å². The molecule has 6 heteroatoms. The Balaban J connectivity index is 2.05. The van der Waals surface area contributed by atoms with Crippen LogP contribution in [0, 0.1) is 0 Å². The highest BCUT2D eigenvalue weighted by atomic mass is 32.2. The van der Waals surface area contributed by atoms with Crippen LogP contribution in [0.4, 0.5) is 0 Å². The molecule has 2 rings (SSSR count). The fourth-order valence-corrected chi connectivity index (χ4v) is 3.70. The van der Waals surface area contributed by atoms with Crippen LogP contribution < -0.4 is 10.6 Å². The largest absolute Gasteiger partial charge is 0.356 e. The van der Waals surface area contributed by atoms with Crippen molar-refractivity contribution < 1.29 is 4.79 Å². The Bertz CT molecular complexity index is 583. The summed E-state index contributed by atoms with van der Waals surface area (Å²) in [5.74, 6) is 1.75. The normalized spacial score (nSPS) is 16.3. The van der Waals surface area contributed by atoms with Crippen molar-refractivity contribution in [1.82, 2.24) is 15.5 Å². The Morgan fingerprint density at radius 2 is 1.88 bits per heavy atom. The predicted molar refractivity (Wildman–Crippen MR) is 112 cm³/mol. The number of guanidine groups is 1. The van der Waals surface area contributed by atoms with Gasteiger partial charge >= 0.3 is 0 Å². The van der Waals surface area contributed by atoms with Crippen molar-refractivity contribution >= 4 is 23.6 Å². The van der Waals surface area contributed by atoms with Crippen LogP contribution in [-0.2, 0) is 10.2 Å². The smallest absolute Gasteiger partial charge is 0.243 e. The first-order chi connectivity index (χ1) is 12.6. The van der Waals surface area contributed by atoms with E-state index in [1.165, 1.54) is 31.2 Å². The number of nitrogens with one attached hydrogen (secondary N) is 2. The zero-order valence-corrected chi connectivity index (χ0v) is 17.1. The number of likely N-dealkylation sites (N-methyl/N-ethyl adjacent to an activating group) is 1. The van der Waals surface area contributed by atoms with Crippen LogP contribution in [0.1, 0.15) is 31.2 Å². The number of hydrogen-bond acceptors (Lipinski definition) is 3. The summed E-state index contributed by atoms with van der Waals surface area (Å²) < 4.78 is 0. The first-order valence-corrected chi connectivity index (χ1v) is 10.7. The maximum absolute atomic E-state index is 11.9. The van der Waals surface area contributed by atoms with E-state index in [0.29, 0.717) is 0 Å². The first kappa shape index (κ1) is 20.6. The van der Waals surface area contributed by atoms with E-state index in [2.05, 4.69) is 52.2 Å². The number of amides is 1. The zero-order valence-electron chi connectivity index (χ0n) is 16.3. The zero-order chi connectivity index (χ0) is 18.8. The molecule has 0 radical (unpaired) electrons. The van der Waals surface area contributed by atoms with Gasteiger partial charge < -0.3 is 15.5 Å². The minimum Gasteiger partial charge on any atom is -0.356 e. The van der Waals surface area contributed by atoms with Crippen molar-refractivity contribution in [3.8, 4) is 0 Å². The van der Waals surface area contributed by atoms with Gasteiger partial charge in [-0.15, -0.1) is 0 Å². The molecule has 0 aromatic heterocycles. The second-order valence-corrected chi connectivity index (χ2v) is 8.07. The monoisotopic (exact) mass is 376 g/mol. The Kier molecular flexibility index (Phi) is 8.29. The lowest BCUT2D eigenvalue weighted by Gasteiger charge is -2.31. The van der Waals surface area contributed by atoms with Crippen molar-refractivity contribution in [3.63, 3.8) is 0 Å². The molecular formula is C20H32N4OS. The molecule has 0 unspecified atom stereocenters. The molecule has 1 saturated carbocycles. The molecule has 0 aliphatic heterocycles. The van der Waals surface area contributed by atoms with Gasteiger partial charge in [0.15, 0.2) is 5.96 Å². The second-order valence-electron chi connectivity index (χ2n) is 7.08. The molecule has 2 N–H and O–H groups in total. The summed E-state index contributed by atoms with van der Waals surface area (Å²) >= 11 is 1.79. The van der Waals surface area contributed by atoms with E-state index in [1.807, 2.05) is 0 Å². The van der Waals surface area contributed by atoms with Gasteiger partial charge in [-0.25, -0.2) is 4.99 Å². The summed E-state index contributed by atoms with van der Waals surface area (Å²) in [6.07, 6.45) is 7.01. The van der Waals surface area contributed by atoms with E-state index in [1.54, 1.807) is 30.8 Å². The van der Waals surface area contributed by atoms with Crippen molar-refractivity contribution in [2.45, 2.75) is 31.1 Å². The molecule has 0 saturated heterocycles. The molecule has 26 heavy (non-hydrogen) atoms. The lowest BCUT2D eigenvalue weighted by Crippen LogP contribution is -2.45. The van der Waals surface area contributed by atoms with Crippen LogP contribution >= 0.6 is 11.8 Å². The van der Waals surface area contributed by atoms with Crippen LogP contribution in [-0.4, -0.2) is 62.5 Å². The molecule has 1 aromatic carbocycles. The number of benzene rings is 1. The first-order valence-electron chi connectivity index (χ1n) is 9.34. The summed E-state index contributed by atoms with van der Waals surface area (Å²) in [7, 11) is 3.52. The number of carbonyl (C=O) groups is 1. The number of nitrogens with zero attached hydrogens (tertiary/aromatic N) is 2. The fraction of sp³-hybridized carbons (Fsp3) is 0.600. The SMILES string of the molecule is CSCCNC(=NCC(=O)N(C)C)NCC1(c2ccccc2)CCCC1. The van der Waals surface area contributed by atoms with Crippen LogP contribution in [0.25, 0.3) is 0 Å². The van der Waals surface area contributed by atoms with E-state index in [4.69, 9.17) is 0 Å². The Morgan fingerprint density at radius 3 is 2.50 bits per heavy atom. The average molecular weight is 377 g/mol. The van der Waals surface area contributed by atoms with Gasteiger partial charge in [0.05, 0.1) is 0 Å². The minimum atomic E-state index is 0.00889. The molecule has 1 amide bonds. The van der Waals surface area contributed by atoms with Gasteiger partial charge in [-0.05, 0) is 24.7 Å². The Hall–Kier alpha value is -1.69. The number of thioether (sulfide) groups is 1. The van der Waals surface area contributed by atoms with Crippen LogP contribution in [0.2, 0.25) is 0 Å². The third-order valence-electron chi connectivity index (χ3n) is 5.01. The van der Waals surface area contributed by atoms with Crippen molar-refractivity contribution in [2.24, 2.45) is 4.99 Å². The van der Waals surface area contributed by atoms with E-state index in [0.717, 1.165) is 24.8 Å². The molecule has 0 heterocycles. The number of hydrogen-bond donors (Lipinski definition) is 2. The summed E-state index contributed by atoms with van der Waals surface area (Å²) in [5.41, 5.74) is 1.56. The molecular weight excluding hydrogens is 344 g/mol. The molecule has 1 fully saturated rings. The Labute approximate surface area is 162 Å². The summed E-state index contributed by atoms with van der Waals surface area (Å²) in [4.78, 5) is 18.0. The van der Waals surface area contributed by atoms with E-state index in [-0.39, 0.29) is 17.9 Å². The van der Waals surface area contributed by atoms with Crippen LogP contribution in [0.5, 0.6) is 0 Å². The molecule has 0 spiro atoms. The van der Waals surface area contributed by atoms with Gasteiger partial charge in [-0.1, -0.05) is 43.2 Å². The average Bonchev–Trinajstić information content (AvgIpc) is 3.14. The summed E-state index contributed by atoms with van der Waals surface area (Å²) in [5, 5.41) is 6.87. The number of rotatable bonds is 8. The highest BCUT2D eigenvalue weighted by Gasteiger charge is 2.35. The quantitative estimate of drug-likeness (QED) is 0.416. The molecule has 0 bridgehead atoms. The third kappa shape index (κ3) is 5.94. The predicted octanol–water partition coefficient (Wildman–Crippen LogP) is 2.48. The molecule has 144 valence electrons. The summed E-state index contributed by atoms with van der Waals surface area (Å²) in [6, 6.07) is 10.8. The molecule has 0 atom stereocenters. The standard InChI is InChI=1S/C20H32N4OS/c1-24(2)18(25)15-22-19(21-13-14-26-3)23-16-20(11-7-8-12-20)17-9-5-4-6-10-17/h4-6,9-10H,7-8,11-16H2,1-3H3,(H2,21,22,23). The van der Waals surface area contributed by atoms with Gasteiger partial charge in [0.1, 0.15) is 6.54 Å². The van der Waals surface area contributed by atoms with Crippen molar-refractivity contribution in [2.75, 3.05) is 45.7 Å². The van der Waals surface area contributed by atoms with Gasteiger partial charge in [0, 0.05) is 38.4 Å². The number of carbonyl (C=O) groups excluding carboxylic acids is 1. The summed E-state index contributed by atoms with van der Waals surface area (Å²) in [6.45, 7) is 1.85. The van der Waals surface area contributed by atoms with Crippen molar-refractivity contribution in [3.05, 3.63) is 35.9 Å². The second kappa shape index (κ2) is 10.5. The minimum absolute atomic E-state index is 0.00889. The third-order valence-corrected chi connectivity index (χ3v) is 5.62. The topological polar surface area (TPSA) is 56.7 Å². The van der Waals surface area contributed by atoms with Crippen LogP contribution in [0.15, 0.2) is 35.3 Å². The fourth-order valence-electron chi connectivity index (χ4n) is 3.40. The highest BCUT2D eigenvalue weighted by molar-refractivity contribution is 7.98. The highest BCUT2D eigenvalue weighted by Crippen LogP contribution is 2.40. The maximum Gasteiger partial charge on any atom is 0.243 e. The van der Waals surface area contributed by atoms with E-state index < -0.39 is 0 Å². The van der Waals surface area contributed by atoms with Gasteiger partial charge in [-0.2, -0.15) is 11.8 Å². The lowest BCUT2D eigenvalue weighted by atomic mass is 9.79. The maximum atomic E-state index is 11.9. The van der Waals surface area contributed by atoms with Crippen molar-refractivity contribution in [1.29, 1.82) is 0 Å². The van der Waals surface area contributed by atoms with Gasteiger partial charge in [0.2, 0.25) is 5.91 Å². The number of aliphatic imine (C=N–C) groups is 1.